The first-order chi connectivity index (χ1) is 9.72. The highest BCUT2D eigenvalue weighted by atomic mass is 19.1. The van der Waals surface area contributed by atoms with Gasteiger partial charge in [-0.05, 0) is 35.9 Å². The predicted octanol–water partition coefficient (Wildman–Crippen LogP) is 3.19. The van der Waals surface area contributed by atoms with Gasteiger partial charge in [0.2, 0.25) is 0 Å². The summed E-state index contributed by atoms with van der Waals surface area (Å²) < 4.78 is 13.1. The summed E-state index contributed by atoms with van der Waals surface area (Å²) in [4.78, 5) is 20.5. The van der Waals surface area contributed by atoms with E-state index in [1.807, 2.05) is 0 Å². The average Bonchev–Trinajstić information content (AvgIpc) is 2.47. The van der Waals surface area contributed by atoms with Crippen molar-refractivity contribution in [1.82, 2.24) is 9.97 Å². The largest absolute Gasteiger partial charge is 0.294 e. The van der Waals surface area contributed by atoms with Gasteiger partial charge in [-0.2, -0.15) is 0 Å². The molecular formula is C16H11FN2O. The minimum Gasteiger partial charge on any atom is -0.294 e. The smallest absolute Gasteiger partial charge is 0.167 e. The highest BCUT2D eigenvalue weighted by Gasteiger charge is 2.09. The highest BCUT2D eigenvalue weighted by molar-refractivity contribution is 5.99. The number of Topliss-reactive ketones (excluding diaryl/α,β-unsaturated/α-hetero) is 1. The quantitative estimate of drug-likeness (QED) is 0.684. The third kappa shape index (κ3) is 2.54. The van der Waals surface area contributed by atoms with Gasteiger partial charge in [0.1, 0.15) is 5.82 Å². The number of hydrogen-bond donors (Lipinski definition) is 0. The van der Waals surface area contributed by atoms with Crippen LogP contribution in [0.2, 0.25) is 0 Å². The van der Waals surface area contributed by atoms with Gasteiger partial charge in [-0.1, -0.05) is 12.1 Å². The Morgan fingerprint density at radius 2 is 1.80 bits per heavy atom. The number of nitrogens with zero attached hydrogens (tertiary/aromatic N) is 2. The zero-order chi connectivity index (χ0) is 13.9. The summed E-state index contributed by atoms with van der Waals surface area (Å²) in [5.41, 5.74) is 2.64. The molecule has 0 unspecified atom stereocenters. The van der Waals surface area contributed by atoms with E-state index in [-0.39, 0.29) is 18.0 Å². The maximum atomic E-state index is 13.1. The minimum absolute atomic E-state index is 0.0665. The van der Waals surface area contributed by atoms with Gasteiger partial charge >= 0.3 is 0 Å². The average molecular weight is 266 g/mol. The van der Waals surface area contributed by atoms with Crippen LogP contribution in [0.4, 0.5) is 4.39 Å². The summed E-state index contributed by atoms with van der Waals surface area (Å²) >= 11 is 0. The summed E-state index contributed by atoms with van der Waals surface area (Å²) in [5.74, 6) is -0.400. The predicted molar refractivity (Wildman–Crippen MR) is 74.0 cm³/mol. The number of ketones is 1. The maximum absolute atomic E-state index is 13.1. The number of aromatic nitrogens is 2. The molecule has 3 nitrogen and oxygen atoms in total. The van der Waals surface area contributed by atoms with Gasteiger partial charge in [-0.25, -0.2) is 4.39 Å². The minimum atomic E-state index is -0.334. The van der Waals surface area contributed by atoms with Crippen LogP contribution in [0.25, 0.3) is 11.0 Å². The lowest BCUT2D eigenvalue weighted by molar-refractivity contribution is 0.0993. The van der Waals surface area contributed by atoms with Crippen molar-refractivity contribution in [2.75, 3.05) is 0 Å². The standard InChI is InChI=1S/C16H11FN2O/c17-13-3-1-2-11(8-13)9-16(20)12-4-5-14-15(10-12)19-7-6-18-14/h1-8,10H,9H2. The lowest BCUT2D eigenvalue weighted by Gasteiger charge is -2.03. The monoisotopic (exact) mass is 266 g/mol. The zero-order valence-corrected chi connectivity index (χ0v) is 10.6. The van der Waals surface area contributed by atoms with Crippen LogP contribution in [0.1, 0.15) is 15.9 Å². The first-order valence-electron chi connectivity index (χ1n) is 6.21. The second kappa shape index (κ2) is 5.17. The molecule has 0 saturated heterocycles. The Hall–Kier alpha value is -2.62. The van der Waals surface area contributed by atoms with Crippen molar-refractivity contribution in [3.63, 3.8) is 0 Å². The van der Waals surface area contributed by atoms with Gasteiger partial charge in [0.15, 0.2) is 5.78 Å². The molecule has 0 aliphatic rings. The second-order valence-corrected chi connectivity index (χ2v) is 4.49. The van der Waals surface area contributed by atoms with Crippen molar-refractivity contribution in [3.8, 4) is 0 Å². The molecule has 98 valence electrons. The van der Waals surface area contributed by atoms with E-state index in [2.05, 4.69) is 9.97 Å². The van der Waals surface area contributed by atoms with Crippen molar-refractivity contribution in [1.29, 1.82) is 0 Å². The Bertz CT molecular complexity index is 786. The van der Waals surface area contributed by atoms with E-state index in [9.17, 15) is 9.18 Å². The number of rotatable bonds is 3. The number of carbonyl (C=O) groups excluding carboxylic acids is 1. The lowest BCUT2D eigenvalue weighted by Crippen LogP contribution is -2.04. The molecule has 4 heteroatoms. The number of hydrogen-bond acceptors (Lipinski definition) is 3. The van der Waals surface area contributed by atoms with Crippen LogP contribution in [0.3, 0.4) is 0 Å². The maximum Gasteiger partial charge on any atom is 0.167 e. The molecule has 0 N–H and O–H groups in total. The highest BCUT2D eigenvalue weighted by Crippen LogP contribution is 2.14. The second-order valence-electron chi connectivity index (χ2n) is 4.49. The fourth-order valence-electron chi connectivity index (χ4n) is 2.07. The molecular weight excluding hydrogens is 255 g/mol. The molecule has 0 spiro atoms. The van der Waals surface area contributed by atoms with E-state index in [0.717, 1.165) is 5.52 Å². The van der Waals surface area contributed by atoms with Crippen LogP contribution < -0.4 is 0 Å². The van der Waals surface area contributed by atoms with Crippen molar-refractivity contribution in [3.05, 3.63) is 71.8 Å². The van der Waals surface area contributed by atoms with Crippen molar-refractivity contribution in [2.45, 2.75) is 6.42 Å². The van der Waals surface area contributed by atoms with E-state index in [1.165, 1.54) is 12.1 Å². The van der Waals surface area contributed by atoms with Crippen molar-refractivity contribution < 1.29 is 9.18 Å². The molecule has 0 radical (unpaired) electrons. The number of halogens is 1. The normalized spacial score (nSPS) is 10.7. The Morgan fingerprint density at radius 1 is 1.00 bits per heavy atom. The van der Waals surface area contributed by atoms with Crippen molar-refractivity contribution in [2.24, 2.45) is 0 Å². The molecule has 0 bridgehead atoms. The summed E-state index contributed by atoms with van der Waals surface area (Å²) in [6.07, 6.45) is 3.36. The zero-order valence-electron chi connectivity index (χ0n) is 10.6. The SMILES string of the molecule is O=C(Cc1cccc(F)c1)c1ccc2nccnc2c1. The van der Waals surface area contributed by atoms with E-state index < -0.39 is 0 Å². The summed E-state index contributed by atoms with van der Waals surface area (Å²) in [6, 6.07) is 11.3. The molecule has 2 aromatic carbocycles. The van der Waals surface area contributed by atoms with Crippen LogP contribution in [-0.4, -0.2) is 15.8 Å². The molecule has 0 amide bonds. The molecule has 0 saturated carbocycles. The van der Waals surface area contributed by atoms with Gasteiger partial charge in [0.05, 0.1) is 11.0 Å². The summed E-state index contributed by atoms with van der Waals surface area (Å²) in [5, 5.41) is 0. The van der Waals surface area contributed by atoms with Crippen molar-refractivity contribution >= 4 is 16.8 Å². The van der Waals surface area contributed by atoms with Crippen LogP contribution in [0.15, 0.2) is 54.9 Å². The molecule has 0 fully saturated rings. The topological polar surface area (TPSA) is 42.9 Å². The van der Waals surface area contributed by atoms with Gasteiger partial charge in [0, 0.05) is 24.4 Å². The lowest BCUT2D eigenvalue weighted by atomic mass is 10.0. The van der Waals surface area contributed by atoms with E-state index in [0.29, 0.717) is 16.6 Å². The van der Waals surface area contributed by atoms with E-state index in [4.69, 9.17) is 0 Å². The Kier molecular flexibility index (Phi) is 3.21. The molecule has 3 rings (SSSR count). The number of benzene rings is 2. The Morgan fingerprint density at radius 3 is 2.60 bits per heavy atom. The Labute approximate surface area is 115 Å². The third-order valence-electron chi connectivity index (χ3n) is 3.05. The number of fused-ring (bicyclic) bond motifs is 1. The molecule has 0 atom stereocenters. The van der Waals surface area contributed by atoms with Crippen LogP contribution in [0, 0.1) is 5.82 Å². The first-order valence-corrected chi connectivity index (χ1v) is 6.21. The number of carbonyl (C=O) groups is 1. The molecule has 20 heavy (non-hydrogen) atoms. The fourth-order valence-corrected chi connectivity index (χ4v) is 2.07. The molecule has 0 aliphatic heterocycles. The Balaban J connectivity index is 1.88. The van der Waals surface area contributed by atoms with Gasteiger partial charge in [-0.3, -0.25) is 14.8 Å². The molecule has 1 aromatic heterocycles. The van der Waals surface area contributed by atoms with E-state index >= 15 is 0 Å². The van der Waals surface area contributed by atoms with Crippen LogP contribution in [-0.2, 0) is 6.42 Å². The van der Waals surface area contributed by atoms with Crippen LogP contribution in [0.5, 0.6) is 0 Å². The van der Waals surface area contributed by atoms with Crippen LogP contribution >= 0.6 is 0 Å². The van der Waals surface area contributed by atoms with E-state index in [1.54, 1.807) is 42.7 Å². The first kappa shape index (κ1) is 12.4. The van der Waals surface area contributed by atoms with Gasteiger partial charge in [0.25, 0.3) is 0 Å². The molecule has 1 heterocycles. The summed E-state index contributed by atoms with van der Waals surface area (Å²) in [6.45, 7) is 0. The third-order valence-corrected chi connectivity index (χ3v) is 3.05. The van der Waals surface area contributed by atoms with Gasteiger partial charge in [-0.15, -0.1) is 0 Å². The summed E-state index contributed by atoms with van der Waals surface area (Å²) in [7, 11) is 0. The molecule has 0 aliphatic carbocycles. The molecule has 3 aromatic rings. The fraction of sp³-hybridized carbons (Fsp3) is 0.0625. The van der Waals surface area contributed by atoms with Gasteiger partial charge < -0.3 is 0 Å².